The molecule has 5 heteroatoms. The van der Waals surface area contributed by atoms with E-state index in [9.17, 15) is 4.79 Å². The Balaban J connectivity index is 1.90. The first-order chi connectivity index (χ1) is 8.66. The maximum Gasteiger partial charge on any atom is 0.238 e. The van der Waals surface area contributed by atoms with Crippen molar-refractivity contribution < 1.29 is 4.79 Å². The molecule has 1 fully saturated rings. The number of nitrogens with zero attached hydrogens (tertiary/aromatic N) is 1. The molecule has 0 saturated carbocycles. The van der Waals surface area contributed by atoms with Crippen LogP contribution in [0.4, 0.5) is 5.69 Å². The zero-order chi connectivity index (χ0) is 13.0. The quantitative estimate of drug-likeness (QED) is 0.805. The van der Waals surface area contributed by atoms with Crippen molar-refractivity contribution in [3.63, 3.8) is 0 Å². The Hall–Kier alpha value is -0.660. The fourth-order valence-electron chi connectivity index (χ4n) is 2.05. The lowest BCUT2D eigenvalue weighted by atomic mass is 10.2. The molecule has 2 rings (SSSR count). The smallest absolute Gasteiger partial charge is 0.238 e. The van der Waals surface area contributed by atoms with E-state index in [2.05, 4.69) is 45.0 Å². The average Bonchev–Trinajstić information content (AvgIpc) is 2.35. The van der Waals surface area contributed by atoms with Crippen LogP contribution < -0.4 is 10.6 Å². The summed E-state index contributed by atoms with van der Waals surface area (Å²) in [4.78, 5) is 14.2. The molecule has 1 aromatic rings. The molecule has 98 valence electrons. The largest absolute Gasteiger partial charge is 0.324 e. The molecule has 1 heterocycles. The molecule has 0 aromatic heterocycles. The van der Waals surface area contributed by atoms with Crippen LogP contribution in [0.2, 0.25) is 0 Å². The van der Waals surface area contributed by atoms with E-state index in [1.165, 1.54) is 0 Å². The Kier molecular flexibility index (Phi) is 4.96. The molecular formula is C13H18IN3O. The van der Waals surface area contributed by atoms with Gasteiger partial charge >= 0.3 is 0 Å². The molecule has 1 aliphatic rings. The summed E-state index contributed by atoms with van der Waals surface area (Å²) in [5, 5.41) is 6.29. The molecule has 2 N–H and O–H groups in total. The van der Waals surface area contributed by atoms with Gasteiger partial charge < -0.3 is 10.6 Å². The molecule has 0 aliphatic carbocycles. The van der Waals surface area contributed by atoms with Crippen molar-refractivity contribution in [3.05, 3.63) is 27.8 Å². The minimum atomic E-state index is 0.0628. The van der Waals surface area contributed by atoms with Gasteiger partial charge in [-0.1, -0.05) is 12.1 Å². The van der Waals surface area contributed by atoms with E-state index >= 15 is 0 Å². The van der Waals surface area contributed by atoms with Gasteiger partial charge in [0.15, 0.2) is 0 Å². The fourth-order valence-corrected chi connectivity index (χ4v) is 2.58. The number of amides is 1. The van der Waals surface area contributed by atoms with Crippen LogP contribution in [0.3, 0.4) is 0 Å². The van der Waals surface area contributed by atoms with E-state index in [-0.39, 0.29) is 5.91 Å². The SMILES string of the molecule is C[C@@H]1CNCCN1CC(=O)Nc1ccccc1I. The normalized spacial score (nSPS) is 20.7. The van der Waals surface area contributed by atoms with Gasteiger partial charge in [0.1, 0.15) is 0 Å². The molecule has 4 nitrogen and oxygen atoms in total. The van der Waals surface area contributed by atoms with Crippen molar-refractivity contribution in [1.82, 2.24) is 10.2 Å². The number of para-hydroxylation sites is 1. The molecule has 18 heavy (non-hydrogen) atoms. The summed E-state index contributed by atoms with van der Waals surface area (Å²) in [7, 11) is 0. The number of anilines is 1. The molecule has 0 bridgehead atoms. The molecule has 0 unspecified atom stereocenters. The molecule has 1 atom stereocenters. The molecule has 1 saturated heterocycles. The Morgan fingerprint density at radius 1 is 1.56 bits per heavy atom. The summed E-state index contributed by atoms with van der Waals surface area (Å²) in [6, 6.07) is 8.24. The van der Waals surface area contributed by atoms with Gasteiger partial charge in [-0.15, -0.1) is 0 Å². The first-order valence-electron chi connectivity index (χ1n) is 6.16. The lowest BCUT2D eigenvalue weighted by Gasteiger charge is -2.33. The number of halogens is 1. The van der Waals surface area contributed by atoms with Crippen LogP contribution in [0.1, 0.15) is 6.92 Å². The third-order valence-corrected chi connectivity index (χ3v) is 4.07. The second-order valence-electron chi connectivity index (χ2n) is 4.55. The highest BCUT2D eigenvalue weighted by molar-refractivity contribution is 14.1. The van der Waals surface area contributed by atoms with E-state index in [4.69, 9.17) is 0 Å². The predicted molar refractivity (Wildman–Crippen MR) is 81.7 cm³/mol. The van der Waals surface area contributed by atoms with Crippen molar-refractivity contribution in [2.45, 2.75) is 13.0 Å². The Labute approximate surface area is 121 Å². The lowest BCUT2D eigenvalue weighted by molar-refractivity contribution is -0.118. The maximum atomic E-state index is 12.0. The number of hydrogen-bond acceptors (Lipinski definition) is 3. The minimum Gasteiger partial charge on any atom is -0.324 e. The monoisotopic (exact) mass is 359 g/mol. The number of piperazine rings is 1. The van der Waals surface area contributed by atoms with Gasteiger partial charge in [0, 0.05) is 29.2 Å². The predicted octanol–water partition coefficient (Wildman–Crippen LogP) is 1.52. The van der Waals surface area contributed by atoms with Gasteiger partial charge in [-0.3, -0.25) is 9.69 Å². The summed E-state index contributed by atoms with van der Waals surface area (Å²) in [5.74, 6) is 0.0628. The maximum absolute atomic E-state index is 12.0. The lowest BCUT2D eigenvalue weighted by Crippen LogP contribution is -2.52. The summed E-state index contributed by atoms with van der Waals surface area (Å²) in [6.07, 6.45) is 0. The Morgan fingerprint density at radius 2 is 2.33 bits per heavy atom. The molecule has 0 radical (unpaired) electrons. The summed E-state index contributed by atoms with van der Waals surface area (Å²) in [6.45, 7) is 5.46. The highest BCUT2D eigenvalue weighted by Crippen LogP contribution is 2.16. The van der Waals surface area contributed by atoms with Crippen molar-refractivity contribution in [1.29, 1.82) is 0 Å². The van der Waals surface area contributed by atoms with Crippen LogP contribution in [0.15, 0.2) is 24.3 Å². The zero-order valence-corrected chi connectivity index (χ0v) is 12.6. The van der Waals surface area contributed by atoms with E-state index < -0.39 is 0 Å². The summed E-state index contributed by atoms with van der Waals surface area (Å²) < 4.78 is 1.07. The topological polar surface area (TPSA) is 44.4 Å². The average molecular weight is 359 g/mol. The number of carbonyl (C=O) groups is 1. The van der Waals surface area contributed by atoms with Gasteiger partial charge in [-0.2, -0.15) is 0 Å². The van der Waals surface area contributed by atoms with Crippen LogP contribution in [0, 0.1) is 3.57 Å². The highest BCUT2D eigenvalue weighted by atomic mass is 127. The second-order valence-corrected chi connectivity index (χ2v) is 5.71. The second kappa shape index (κ2) is 6.49. The van der Waals surface area contributed by atoms with Crippen molar-refractivity contribution in [3.8, 4) is 0 Å². The minimum absolute atomic E-state index is 0.0628. The van der Waals surface area contributed by atoms with Crippen LogP contribution in [-0.2, 0) is 4.79 Å². The fraction of sp³-hybridized carbons (Fsp3) is 0.462. The van der Waals surface area contributed by atoms with Crippen LogP contribution in [0.25, 0.3) is 0 Å². The highest BCUT2D eigenvalue weighted by Gasteiger charge is 2.20. The van der Waals surface area contributed by atoms with E-state index in [1.54, 1.807) is 0 Å². The van der Waals surface area contributed by atoms with Gasteiger partial charge in [-0.05, 0) is 41.6 Å². The van der Waals surface area contributed by atoms with Crippen LogP contribution >= 0.6 is 22.6 Å². The number of benzene rings is 1. The number of hydrogen-bond donors (Lipinski definition) is 2. The van der Waals surface area contributed by atoms with Gasteiger partial charge in [0.25, 0.3) is 0 Å². The summed E-state index contributed by atoms with van der Waals surface area (Å²) in [5.41, 5.74) is 0.894. The van der Waals surface area contributed by atoms with Crippen molar-refractivity contribution in [2.24, 2.45) is 0 Å². The number of carbonyl (C=O) groups excluding carboxylic acids is 1. The number of nitrogens with one attached hydrogen (secondary N) is 2. The molecule has 1 amide bonds. The Morgan fingerprint density at radius 3 is 3.06 bits per heavy atom. The molecular weight excluding hydrogens is 341 g/mol. The van der Waals surface area contributed by atoms with E-state index in [0.29, 0.717) is 12.6 Å². The van der Waals surface area contributed by atoms with Crippen molar-refractivity contribution >= 4 is 34.2 Å². The molecule has 1 aromatic carbocycles. The van der Waals surface area contributed by atoms with Crippen molar-refractivity contribution in [2.75, 3.05) is 31.5 Å². The first kappa shape index (κ1) is 13.8. The molecule has 1 aliphatic heterocycles. The standard InChI is InChI=1S/C13H18IN3O/c1-10-8-15-6-7-17(10)9-13(18)16-12-5-3-2-4-11(12)14/h2-5,10,15H,6-9H2,1H3,(H,16,18)/t10-/m1/s1. The number of rotatable bonds is 3. The summed E-state index contributed by atoms with van der Waals surface area (Å²) >= 11 is 2.23. The van der Waals surface area contributed by atoms with Crippen LogP contribution in [0.5, 0.6) is 0 Å². The zero-order valence-electron chi connectivity index (χ0n) is 10.4. The Bertz CT molecular complexity index is 424. The van der Waals surface area contributed by atoms with Crippen LogP contribution in [-0.4, -0.2) is 43.0 Å². The third-order valence-electron chi connectivity index (χ3n) is 3.13. The van der Waals surface area contributed by atoms with Gasteiger partial charge in [0.2, 0.25) is 5.91 Å². The molecule has 0 spiro atoms. The van der Waals surface area contributed by atoms with E-state index in [1.807, 2.05) is 24.3 Å². The first-order valence-corrected chi connectivity index (χ1v) is 7.24. The third kappa shape index (κ3) is 3.66. The van der Waals surface area contributed by atoms with E-state index in [0.717, 1.165) is 28.9 Å². The van der Waals surface area contributed by atoms with Gasteiger partial charge in [-0.25, -0.2) is 0 Å². The van der Waals surface area contributed by atoms with Gasteiger partial charge in [0.05, 0.1) is 12.2 Å².